The van der Waals surface area contributed by atoms with Gasteiger partial charge in [-0.15, -0.1) is 0 Å². The predicted octanol–water partition coefficient (Wildman–Crippen LogP) is 2.87. The Kier molecular flexibility index (Phi) is 4.49. The third-order valence-corrected chi connectivity index (χ3v) is 5.90. The van der Waals surface area contributed by atoms with Gasteiger partial charge in [-0.3, -0.25) is 9.69 Å². The Morgan fingerprint density at radius 3 is 2.71 bits per heavy atom. The van der Waals surface area contributed by atoms with Crippen LogP contribution in [0.25, 0.3) is 0 Å². The fourth-order valence-corrected chi connectivity index (χ4v) is 4.62. The second-order valence-electron chi connectivity index (χ2n) is 7.04. The highest BCUT2D eigenvalue weighted by Crippen LogP contribution is 2.41. The van der Waals surface area contributed by atoms with Crippen LogP contribution < -0.4 is 0 Å². The summed E-state index contributed by atoms with van der Waals surface area (Å²) in [5, 5.41) is 9.12. The van der Waals surface area contributed by atoms with E-state index in [-0.39, 0.29) is 23.9 Å². The lowest BCUT2D eigenvalue weighted by molar-refractivity contribution is -0.163. The highest BCUT2D eigenvalue weighted by molar-refractivity contribution is 5.72. The molecule has 3 aliphatic rings. The maximum atomic E-state index is 12.4. The number of nitriles is 1. The Morgan fingerprint density at radius 2 is 2.00 bits per heavy atom. The zero-order valence-corrected chi connectivity index (χ0v) is 13.0. The van der Waals surface area contributed by atoms with Crippen LogP contribution in [0.4, 0.5) is 0 Å². The first-order valence-corrected chi connectivity index (χ1v) is 8.50. The van der Waals surface area contributed by atoms with Crippen molar-refractivity contribution in [2.75, 3.05) is 7.05 Å². The minimum absolute atomic E-state index is 0.00610. The fraction of sp³-hybridized carbons (Fsp3) is 0.882. The van der Waals surface area contributed by atoms with Crippen LogP contribution in [0.1, 0.15) is 57.8 Å². The van der Waals surface area contributed by atoms with Crippen LogP contribution in [0.3, 0.4) is 0 Å². The van der Waals surface area contributed by atoms with Gasteiger partial charge in [-0.05, 0) is 32.7 Å². The van der Waals surface area contributed by atoms with Gasteiger partial charge in [0, 0.05) is 30.8 Å². The number of fused-ring (bicyclic) bond motifs is 2. The molecule has 3 rings (SSSR count). The van der Waals surface area contributed by atoms with Crippen LogP contribution in [0, 0.1) is 23.2 Å². The number of carbonyl (C=O) groups is 1. The molecule has 4 nitrogen and oxygen atoms in total. The summed E-state index contributed by atoms with van der Waals surface area (Å²) >= 11 is 0. The van der Waals surface area contributed by atoms with Crippen molar-refractivity contribution < 1.29 is 9.53 Å². The van der Waals surface area contributed by atoms with Gasteiger partial charge in [0.2, 0.25) is 0 Å². The Balaban J connectivity index is 1.65. The van der Waals surface area contributed by atoms with Crippen molar-refractivity contribution in [1.82, 2.24) is 4.90 Å². The quantitative estimate of drug-likeness (QED) is 0.750. The first kappa shape index (κ1) is 14.8. The summed E-state index contributed by atoms with van der Waals surface area (Å²) in [6.07, 6.45) is 9.24. The summed E-state index contributed by atoms with van der Waals surface area (Å²) in [5.41, 5.74) is 0. The second kappa shape index (κ2) is 6.36. The highest BCUT2D eigenvalue weighted by Gasteiger charge is 2.47. The van der Waals surface area contributed by atoms with Gasteiger partial charge in [0.1, 0.15) is 6.10 Å². The third kappa shape index (κ3) is 2.94. The van der Waals surface area contributed by atoms with Crippen molar-refractivity contribution >= 4 is 5.97 Å². The first-order valence-electron chi connectivity index (χ1n) is 8.50. The van der Waals surface area contributed by atoms with Gasteiger partial charge < -0.3 is 4.74 Å². The fourth-order valence-electron chi connectivity index (χ4n) is 4.62. The van der Waals surface area contributed by atoms with Crippen molar-refractivity contribution in [2.24, 2.45) is 11.8 Å². The minimum atomic E-state index is -0.0345. The lowest BCUT2D eigenvalue weighted by Crippen LogP contribution is -2.50. The SMILES string of the molecule is CN1C2CC[C@@H]1C[C@H](OC(=O)C1CCCCC1)C2CC#N. The molecule has 2 heterocycles. The Morgan fingerprint density at radius 1 is 1.24 bits per heavy atom. The lowest BCUT2D eigenvalue weighted by Gasteiger charge is -2.42. The molecule has 3 fully saturated rings. The number of esters is 1. The van der Waals surface area contributed by atoms with Crippen LogP contribution >= 0.6 is 0 Å². The van der Waals surface area contributed by atoms with E-state index in [0.29, 0.717) is 18.5 Å². The molecule has 0 radical (unpaired) electrons. The zero-order valence-electron chi connectivity index (χ0n) is 13.0. The minimum Gasteiger partial charge on any atom is -0.462 e. The number of ether oxygens (including phenoxy) is 1. The van der Waals surface area contributed by atoms with Crippen molar-refractivity contribution in [3.63, 3.8) is 0 Å². The van der Waals surface area contributed by atoms with Crippen molar-refractivity contribution in [3.05, 3.63) is 0 Å². The maximum Gasteiger partial charge on any atom is 0.309 e. The molecular formula is C17H26N2O2. The van der Waals surface area contributed by atoms with E-state index in [1.807, 2.05) is 0 Å². The number of hydrogen-bond donors (Lipinski definition) is 0. The topological polar surface area (TPSA) is 53.3 Å². The Labute approximate surface area is 127 Å². The number of rotatable bonds is 3. The molecule has 4 atom stereocenters. The number of carbonyl (C=O) groups excluding carboxylic acids is 1. The molecule has 2 aliphatic heterocycles. The molecule has 0 N–H and O–H groups in total. The average molecular weight is 290 g/mol. The van der Waals surface area contributed by atoms with E-state index in [9.17, 15) is 4.79 Å². The molecule has 0 aromatic carbocycles. The number of hydrogen-bond acceptors (Lipinski definition) is 4. The zero-order chi connectivity index (χ0) is 14.8. The summed E-state index contributed by atoms with van der Waals surface area (Å²) < 4.78 is 5.91. The molecule has 0 aromatic rings. The molecular weight excluding hydrogens is 264 g/mol. The smallest absolute Gasteiger partial charge is 0.309 e. The van der Waals surface area contributed by atoms with E-state index in [4.69, 9.17) is 10.00 Å². The number of piperidine rings is 1. The van der Waals surface area contributed by atoms with Crippen LogP contribution in [0.2, 0.25) is 0 Å². The van der Waals surface area contributed by atoms with Crippen molar-refractivity contribution in [3.8, 4) is 6.07 Å². The van der Waals surface area contributed by atoms with Crippen LogP contribution in [0.15, 0.2) is 0 Å². The van der Waals surface area contributed by atoms with Crippen molar-refractivity contribution in [1.29, 1.82) is 5.26 Å². The highest BCUT2D eigenvalue weighted by atomic mass is 16.5. The van der Waals surface area contributed by atoms with E-state index in [1.54, 1.807) is 0 Å². The molecule has 2 bridgehead atoms. The molecule has 1 saturated carbocycles. The van der Waals surface area contributed by atoms with Gasteiger partial charge in [0.05, 0.1) is 12.0 Å². The molecule has 2 unspecified atom stereocenters. The summed E-state index contributed by atoms with van der Waals surface area (Å²) in [4.78, 5) is 14.8. The van der Waals surface area contributed by atoms with E-state index in [2.05, 4.69) is 18.0 Å². The summed E-state index contributed by atoms with van der Waals surface area (Å²) in [5.74, 6) is 0.316. The molecule has 21 heavy (non-hydrogen) atoms. The van der Waals surface area contributed by atoms with E-state index in [0.717, 1.165) is 38.5 Å². The maximum absolute atomic E-state index is 12.4. The van der Waals surface area contributed by atoms with Gasteiger partial charge >= 0.3 is 5.97 Å². The van der Waals surface area contributed by atoms with Gasteiger partial charge in [-0.1, -0.05) is 19.3 Å². The molecule has 0 amide bonds. The lowest BCUT2D eigenvalue weighted by atomic mass is 9.85. The Bertz CT molecular complexity index is 425. The molecule has 1 aliphatic carbocycles. The summed E-state index contributed by atoms with van der Waals surface area (Å²) in [6.45, 7) is 0. The van der Waals surface area contributed by atoms with Gasteiger partial charge in [0.15, 0.2) is 0 Å². The average Bonchev–Trinajstić information content (AvgIpc) is 2.75. The molecule has 2 saturated heterocycles. The molecule has 0 spiro atoms. The van der Waals surface area contributed by atoms with E-state index < -0.39 is 0 Å². The first-order chi connectivity index (χ1) is 10.2. The number of nitrogens with zero attached hydrogens (tertiary/aromatic N) is 2. The monoisotopic (exact) mass is 290 g/mol. The predicted molar refractivity (Wildman–Crippen MR) is 79.4 cm³/mol. The molecule has 4 heteroatoms. The van der Waals surface area contributed by atoms with Crippen LogP contribution in [-0.4, -0.2) is 36.1 Å². The summed E-state index contributed by atoms with van der Waals surface area (Å²) in [7, 11) is 2.16. The standard InChI is InChI=1S/C17H26N2O2/c1-19-13-7-8-15(19)14(9-10-18)16(11-13)21-17(20)12-5-3-2-4-6-12/h12-16H,2-9,11H2,1H3/t13-,14?,15?,16+/m1/s1. The van der Waals surface area contributed by atoms with Crippen LogP contribution in [0.5, 0.6) is 0 Å². The van der Waals surface area contributed by atoms with Crippen LogP contribution in [-0.2, 0) is 9.53 Å². The van der Waals surface area contributed by atoms with E-state index >= 15 is 0 Å². The molecule has 0 aromatic heterocycles. The molecule has 116 valence electrons. The third-order valence-electron chi connectivity index (χ3n) is 5.90. The largest absolute Gasteiger partial charge is 0.462 e. The van der Waals surface area contributed by atoms with E-state index in [1.165, 1.54) is 12.8 Å². The van der Waals surface area contributed by atoms with Gasteiger partial charge in [-0.2, -0.15) is 5.26 Å². The van der Waals surface area contributed by atoms with Crippen molar-refractivity contribution in [2.45, 2.75) is 76.0 Å². The summed E-state index contributed by atoms with van der Waals surface area (Å²) in [6, 6.07) is 3.27. The van der Waals surface area contributed by atoms with Gasteiger partial charge in [0.25, 0.3) is 0 Å². The Hall–Kier alpha value is -1.08. The second-order valence-corrected chi connectivity index (χ2v) is 7.04. The normalized spacial score (nSPS) is 37.1. The van der Waals surface area contributed by atoms with Gasteiger partial charge in [-0.25, -0.2) is 0 Å².